The quantitative estimate of drug-likeness (QED) is 0.753. The number of benzene rings is 1. The van der Waals surface area contributed by atoms with E-state index in [0.717, 1.165) is 9.36 Å². The van der Waals surface area contributed by atoms with Crippen LogP contribution in [-0.4, -0.2) is 33.5 Å². The first-order valence-electron chi connectivity index (χ1n) is 6.24. The Labute approximate surface area is 119 Å². The van der Waals surface area contributed by atoms with Crippen LogP contribution < -0.4 is 10.6 Å². The number of anilines is 1. The van der Waals surface area contributed by atoms with Gasteiger partial charge in [-0.3, -0.25) is 9.69 Å². The van der Waals surface area contributed by atoms with E-state index >= 15 is 0 Å². The SMILES string of the molecule is COC(=O)Cn1c(=O)nc2n1C(=O)N(c1ccccc1)C2. The molecule has 1 aliphatic heterocycles. The third kappa shape index (κ3) is 2.10. The molecule has 1 amide bonds. The van der Waals surface area contributed by atoms with E-state index in [2.05, 4.69) is 9.72 Å². The van der Waals surface area contributed by atoms with Crippen LogP contribution in [0.2, 0.25) is 0 Å². The number of amides is 1. The third-order valence-corrected chi connectivity index (χ3v) is 3.22. The van der Waals surface area contributed by atoms with Crippen molar-refractivity contribution in [1.29, 1.82) is 0 Å². The van der Waals surface area contributed by atoms with Gasteiger partial charge in [-0.25, -0.2) is 14.3 Å². The molecule has 0 atom stereocenters. The number of esters is 1. The molecular weight excluding hydrogens is 276 g/mol. The third-order valence-electron chi connectivity index (χ3n) is 3.22. The van der Waals surface area contributed by atoms with Gasteiger partial charge in [0.2, 0.25) is 0 Å². The number of ether oxygens (including phenoxy) is 1. The summed E-state index contributed by atoms with van der Waals surface area (Å²) in [5.41, 5.74) is 0.0570. The van der Waals surface area contributed by atoms with Gasteiger partial charge >= 0.3 is 17.7 Å². The molecule has 0 N–H and O–H groups in total. The number of rotatable bonds is 3. The maximum atomic E-state index is 12.4. The number of hydrogen-bond acceptors (Lipinski definition) is 5. The van der Waals surface area contributed by atoms with Crippen molar-refractivity contribution in [1.82, 2.24) is 14.3 Å². The van der Waals surface area contributed by atoms with Gasteiger partial charge in [-0.1, -0.05) is 18.2 Å². The first-order valence-corrected chi connectivity index (χ1v) is 6.24. The summed E-state index contributed by atoms with van der Waals surface area (Å²) in [5, 5.41) is 0. The molecule has 0 bridgehead atoms. The Morgan fingerprint density at radius 3 is 2.67 bits per heavy atom. The first kappa shape index (κ1) is 13.1. The Morgan fingerprint density at radius 1 is 1.29 bits per heavy atom. The van der Waals surface area contributed by atoms with Gasteiger partial charge in [0.1, 0.15) is 6.54 Å². The Hall–Kier alpha value is -2.90. The Morgan fingerprint density at radius 2 is 2.00 bits per heavy atom. The molecule has 0 unspecified atom stereocenters. The van der Waals surface area contributed by atoms with Crippen molar-refractivity contribution in [3.8, 4) is 0 Å². The molecule has 0 saturated carbocycles. The van der Waals surface area contributed by atoms with E-state index in [-0.39, 0.29) is 13.1 Å². The lowest BCUT2D eigenvalue weighted by molar-refractivity contribution is -0.141. The standard InChI is InChI=1S/C13H12N4O4/c1-21-11(18)8-16-12(19)14-10-7-15(13(20)17(10)16)9-5-3-2-4-6-9/h2-6H,7-8H2,1H3. The number of carbonyl (C=O) groups excluding carboxylic acids is 2. The number of carbonyl (C=O) groups is 2. The maximum absolute atomic E-state index is 12.4. The molecule has 0 fully saturated rings. The smallest absolute Gasteiger partial charge is 0.365 e. The zero-order valence-corrected chi connectivity index (χ0v) is 11.2. The van der Waals surface area contributed by atoms with E-state index in [1.807, 2.05) is 18.2 Å². The zero-order chi connectivity index (χ0) is 15.0. The molecule has 8 nitrogen and oxygen atoms in total. The summed E-state index contributed by atoms with van der Waals surface area (Å²) in [6, 6.07) is 8.61. The second-order valence-electron chi connectivity index (χ2n) is 4.46. The van der Waals surface area contributed by atoms with E-state index in [0.29, 0.717) is 11.5 Å². The second kappa shape index (κ2) is 4.89. The number of para-hydroxylation sites is 1. The van der Waals surface area contributed by atoms with Crippen LogP contribution >= 0.6 is 0 Å². The van der Waals surface area contributed by atoms with Crippen LogP contribution in [-0.2, 0) is 22.6 Å². The van der Waals surface area contributed by atoms with Crippen LogP contribution in [0, 0.1) is 0 Å². The summed E-state index contributed by atoms with van der Waals surface area (Å²) >= 11 is 0. The highest BCUT2D eigenvalue weighted by molar-refractivity contribution is 5.95. The summed E-state index contributed by atoms with van der Waals surface area (Å²) in [5.74, 6) is -0.316. The fourth-order valence-electron chi connectivity index (χ4n) is 2.21. The average Bonchev–Trinajstić information content (AvgIpc) is 2.97. The van der Waals surface area contributed by atoms with Gasteiger partial charge in [-0.05, 0) is 12.1 Å². The molecule has 1 aromatic carbocycles. The van der Waals surface area contributed by atoms with Crippen molar-refractivity contribution < 1.29 is 14.3 Å². The molecular formula is C13H12N4O4. The van der Waals surface area contributed by atoms with Gasteiger partial charge in [0.25, 0.3) is 0 Å². The highest BCUT2D eigenvalue weighted by atomic mass is 16.5. The lowest BCUT2D eigenvalue weighted by atomic mass is 10.3. The van der Waals surface area contributed by atoms with Crippen molar-refractivity contribution in [3.05, 3.63) is 46.6 Å². The van der Waals surface area contributed by atoms with E-state index in [1.54, 1.807) is 12.1 Å². The molecule has 3 rings (SSSR count). The molecule has 1 aliphatic rings. The summed E-state index contributed by atoms with van der Waals surface area (Å²) in [6.07, 6.45) is 0. The molecule has 0 spiro atoms. The number of nitrogens with zero attached hydrogens (tertiary/aromatic N) is 4. The Balaban J connectivity index is 1.98. The van der Waals surface area contributed by atoms with Gasteiger partial charge in [0.15, 0.2) is 5.82 Å². The highest BCUT2D eigenvalue weighted by Crippen LogP contribution is 2.22. The van der Waals surface area contributed by atoms with E-state index in [9.17, 15) is 14.4 Å². The predicted octanol–water partition coefficient (Wildman–Crippen LogP) is 0.206. The van der Waals surface area contributed by atoms with Crippen molar-refractivity contribution >= 4 is 17.7 Å². The summed E-state index contributed by atoms with van der Waals surface area (Å²) in [6.45, 7) is -0.164. The van der Waals surface area contributed by atoms with Crippen LogP contribution in [0.15, 0.2) is 35.1 Å². The van der Waals surface area contributed by atoms with Crippen molar-refractivity contribution in [2.45, 2.75) is 13.1 Å². The molecule has 1 aromatic heterocycles. The monoisotopic (exact) mass is 288 g/mol. The molecule has 108 valence electrons. The van der Waals surface area contributed by atoms with Crippen LogP contribution in [0.3, 0.4) is 0 Å². The van der Waals surface area contributed by atoms with Crippen molar-refractivity contribution in [3.63, 3.8) is 0 Å². The van der Waals surface area contributed by atoms with E-state index < -0.39 is 17.7 Å². The first-order chi connectivity index (χ1) is 10.1. The number of methoxy groups -OCH3 is 1. The predicted molar refractivity (Wildman–Crippen MR) is 71.9 cm³/mol. The number of hydrogen-bond donors (Lipinski definition) is 0. The Kier molecular flexibility index (Phi) is 3.05. The largest absolute Gasteiger partial charge is 0.468 e. The zero-order valence-electron chi connectivity index (χ0n) is 11.2. The molecule has 8 heteroatoms. The van der Waals surface area contributed by atoms with Gasteiger partial charge in [-0.2, -0.15) is 9.67 Å². The minimum atomic E-state index is -0.642. The van der Waals surface area contributed by atoms with Crippen molar-refractivity contribution in [2.24, 2.45) is 0 Å². The molecule has 2 aromatic rings. The molecule has 0 aliphatic carbocycles. The minimum absolute atomic E-state index is 0.187. The lowest BCUT2D eigenvalue weighted by Crippen LogP contribution is -2.35. The van der Waals surface area contributed by atoms with Gasteiger partial charge in [-0.15, -0.1) is 0 Å². The van der Waals surface area contributed by atoms with E-state index in [4.69, 9.17) is 0 Å². The number of fused-ring (bicyclic) bond motifs is 1. The average molecular weight is 288 g/mol. The Bertz CT molecular complexity index is 762. The maximum Gasteiger partial charge on any atom is 0.365 e. The van der Waals surface area contributed by atoms with Crippen LogP contribution in [0.1, 0.15) is 5.82 Å². The van der Waals surface area contributed by atoms with Gasteiger partial charge < -0.3 is 4.74 Å². The van der Waals surface area contributed by atoms with Crippen LogP contribution in [0.4, 0.5) is 10.5 Å². The van der Waals surface area contributed by atoms with Gasteiger partial charge in [0.05, 0.1) is 13.7 Å². The van der Waals surface area contributed by atoms with Crippen LogP contribution in [0.25, 0.3) is 0 Å². The van der Waals surface area contributed by atoms with Crippen molar-refractivity contribution in [2.75, 3.05) is 12.0 Å². The normalized spacial score (nSPS) is 13.4. The van der Waals surface area contributed by atoms with Crippen LogP contribution in [0.5, 0.6) is 0 Å². The number of aromatic nitrogens is 3. The minimum Gasteiger partial charge on any atom is -0.468 e. The molecule has 0 saturated heterocycles. The lowest BCUT2D eigenvalue weighted by Gasteiger charge is -2.15. The molecule has 2 heterocycles. The second-order valence-corrected chi connectivity index (χ2v) is 4.46. The highest BCUT2D eigenvalue weighted by Gasteiger charge is 2.33. The van der Waals surface area contributed by atoms with Gasteiger partial charge in [0, 0.05) is 5.69 Å². The summed E-state index contributed by atoms with van der Waals surface area (Å²) in [7, 11) is 1.22. The fourth-order valence-corrected chi connectivity index (χ4v) is 2.21. The molecule has 0 radical (unpaired) electrons. The summed E-state index contributed by atoms with van der Waals surface area (Å²) in [4.78, 5) is 40.8. The fraction of sp³-hybridized carbons (Fsp3) is 0.231. The summed E-state index contributed by atoms with van der Waals surface area (Å²) < 4.78 is 6.62. The topological polar surface area (TPSA) is 86.4 Å². The molecule has 21 heavy (non-hydrogen) atoms. The van der Waals surface area contributed by atoms with E-state index in [1.165, 1.54) is 12.0 Å².